The maximum Gasteiger partial charge on any atom is 0.355 e. The lowest BCUT2D eigenvalue weighted by Crippen LogP contribution is -2.49. The van der Waals surface area contributed by atoms with Gasteiger partial charge in [-0.15, -0.1) is 5.06 Å². The van der Waals surface area contributed by atoms with Gasteiger partial charge in [0.25, 0.3) is 11.8 Å². The first-order chi connectivity index (χ1) is 24.2. The third kappa shape index (κ3) is 9.41. The van der Waals surface area contributed by atoms with E-state index in [1.54, 1.807) is 11.0 Å². The molecule has 0 saturated carbocycles. The van der Waals surface area contributed by atoms with Crippen molar-refractivity contribution in [2.24, 2.45) is 0 Å². The zero-order chi connectivity index (χ0) is 35.5. The minimum Gasteiger partial charge on any atom is -0.347 e. The Morgan fingerprint density at radius 3 is 2.10 bits per heavy atom. The molecule has 3 aromatic carbocycles. The molecule has 2 aliphatic rings. The van der Waals surface area contributed by atoms with E-state index in [2.05, 4.69) is 27.8 Å². The number of benzene rings is 3. The SMILES string of the molecule is O=C(CCC(=O)N1Cc2ccccc2C#Cc2ccccc21)NCC(=O)NCC(=O)N[C@@H](CCc1ccccc1)C(=O)ON1C(=O)CCC1=O. The van der Waals surface area contributed by atoms with Crippen molar-refractivity contribution in [1.29, 1.82) is 0 Å². The van der Waals surface area contributed by atoms with Crippen LogP contribution in [0, 0.1) is 11.8 Å². The number of hydroxylamine groups is 2. The van der Waals surface area contributed by atoms with Crippen LogP contribution in [0.1, 0.15) is 54.4 Å². The molecule has 5 rings (SSSR count). The average molecular weight is 678 g/mol. The van der Waals surface area contributed by atoms with Crippen LogP contribution in [0.2, 0.25) is 0 Å². The van der Waals surface area contributed by atoms with E-state index >= 15 is 0 Å². The number of imide groups is 1. The van der Waals surface area contributed by atoms with Crippen molar-refractivity contribution in [2.75, 3.05) is 18.0 Å². The number of rotatable bonds is 13. The summed E-state index contributed by atoms with van der Waals surface area (Å²) < 4.78 is 0. The van der Waals surface area contributed by atoms with Gasteiger partial charge >= 0.3 is 5.97 Å². The summed E-state index contributed by atoms with van der Waals surface area (Å²) >= 11 is 0. The molecule has 1 saturated heterocycles. The van der Waals surface area contributed by atoms with Gasteiger partial charge in [0.2, 0.25) is 23.6 Å². The molecule has 256 valence electrons. The Bertz CT molecular complexity index is 1850. The van der Waals surface area contributed by atoms with Crippen molar-refractivity contribution in [3.8, 4) is 11.8 Å². The second-order valence-corrected chi connectivity index (χ2v) is 11.6. The highest BCUT2D eigenvalue weighted by atomic mass is 16.7. The van der Waals surface area contributed by atoms with Crippen molar-refractivity contribution in [2.45, 2.75) is 51.1 Å². The molecule has 50 heavy (non-hydrogen) atoms. The minimum atomic E-state index is -1.22. The number of aryl methyl sites for hydroxylation is 1. The van der Waals surface area contributed by atoms with Crippen LogP contribution >= 0.6 is 0 Å². The van der Waals surface area contributed by atoms with Crippen LogP contribution in [0.5, 0.6) is 0 Å². The molecule has 1 fully saturated rings. The third-order valence-corrected chi connectivity index (χ3v) is 8.00. The van der Waals surface area contributed by atoms with Crippen molar-refractivity contribution >= 4 is 47.1 Å². The number of nitrogens with one attached hydrogen (secondary N) is 3. The van der Waals surface area contributed by atoms with E-state index in [0.29, 0.717) is 22.7 Å². The molecule has 13 heteroatoms. The predicted octanol–water partition coefficient (Wildman–Crippen LogP) is 1.67. The number of nitrogens with zero attached hydrogens (tertiary/aromatic N) is 2. The standard InChI is InChI=1S/C37H35N5O8/c43-31(18-19-34(46)41-24-28-12-5-4-10-26(28)15-16-27-11-6-7-13-30(27)41)38-22-32(44)39-23-33(45)40-29(17-14-25-8-2-1-3-9-25)37(49)50-42-35(47)20-21-36(42)48/h1-13,29H,14,17-24H2,(H,38,43)(H,39,44)(H,40,45)/t29-/m0/s1. The summed E-state index contributed by atoms with van der Waals surface area (Å²) in [6.45, 7) is -0.691. The topological polar surface area (TPSA) is 171 Å². The molecule has 6 amide bonds. The van der Waals surface area contributed by atoms with Gasteiger partial charge in [0, 0.05) is 36.8 Å². The summed E-state index contributed by atoms with van der Waals surface area (Å²) in [6.07, 6.45) is 0.0137. The minimum absolute atomic E-state index is 0.0797. The second kappa shape index (κ2) is 16.7. The lowest BCUT2D eigenvalue weighted by atomic mass is 10.0. The molecule has 2 heterocycles. The van der Waals surface area contributed by atoms with Crippen LogP contribution in [0.25, 0.3) is 0 Å². The summed E-state index contributed by atoms with van der Waals surface area (Å²) in [6, 6.07) is 22.8. The van der Waals surface area contributed by atoms with Crippen LogP contribution in [0.3, 0.4) is 0 Å². The Labute approximate surface area is 288 Å². The molecule has 0 aromatic heterocycles. The van der Waals surface area contributed by atoms with Crippen molar-refractivity contribution < 1.29 is 38.4 Å². The zero-order valence-electron chi connectivity index (χ0n) is 27.1. The average Bonchev–Trinajstić information content (AvgIpc) is 3.44. The van der Waals surface area contributed by atoms with Gasteiger partial charge in [0.05, 0.1) is 25.3 Å². The van der Waals surface area contributed by atoms with Gasteiger partial charge in [0.1, 0.15) is 6.04 Å². The van der Waals surface area contributed by atoms with E-state index in [4.69, 9.17) is 4.84 Å². The molecular weight excluding hydrogens is 642 g/mol. The predicted molar refractivity (Wildman–Crippen MR) is 179 cm³/mol. The highest BCUT2D eigenvalue weighted by molar-refractivity contribution is 6.02. The Morgan fingerprint density at radius 1 is 0.720 bits per heavy atom. The molecule has 0 unspecified atom stereocenters. The van der Waals surface area contributed by atoms with Crippen LogP contribution in [-0.2, 0) is 51.4 Å². The highest BCUT2D eigenvalue weighted by Crippen LogP contribution is 2.26. The number of hydrogen-bond donors (Lipinski definition) is 3. The lowest BCUT2D eigenvalue weighted by Gasteiger charge is -2.26. The Morgan fingerprint density at radius 2 is 1.34 bits per heavy atom. The summed E-state index contributed by atoms with van der Waals surface area (Å²) in [7, 11) is 0. The summed E-state index contributed by atoms with van der Waals surface area (Å²) in [4.78, 5) is 94.4. The normalized spacial score (nSPS) is 13.8. The van der Waals surface area contributed by atoms with Crippen LogP contribution < -0.4 is 20.9 Å². The Balaban J connectivity index is 1.08. The fourth-order valence-corrected chi connectivity index (χ4v) is 5.33. The molecule has 2 aliphatic heterocycles. The molecule has 0 aliphatic carbocycles. The van der Waals surface area contributed by atoms with Gasteiger partial charge in [0.15, 0.2) is 0 Å². The van der Waals surface area contributed by atoms with Crippen molar-refractivity contribution in [3.05, 3.63) is 101 Å². The molecule has 3 N–H and O–H groups in total. The van der Waals surface area contributed by atoms with Gasteiger partial charge in [-0.25, -0.2) is 4.79 Å². The number of amides is 6. The van der Waals surface area contributed by atoms with Crippen LogP contribution in [0.4, 0.5) is 5.69 Å². The fourth-order valence-electron chi connectivity index (χ4n) is 5.33. The summed E-state index contributed by atoms with van der Waals surface area (Å²) in [5.41, 5.74) is 3.91. The van der Waals surface area contributed by atoms with Gasteiger partial charge < -0.3 is 25.7 Å². The quantitative estimate of drug-likeness (QED) is 0.181. The first-order valence-electron chi connectivity index (χ1n) is 16.1. The van der Waals surface area contributed by atoms with Gasteiger partial charge in [-0.3, -0.25) is 28.8 Å². The van der Waals surface area contributed by atoms with Crippen molar-refractivity contribution in [1.82, 2.24) is 21.0 Å². The van der Waals surface area contributed by atoms with E-state index in [1.807, 2.05) is 72.8 Å². The molecule has 0 bridgehead atoms. The van der Waals surface area contributed by atoms with Crippen LogP contribution in [0.15, 0.2) is 78.9 Å². The Hall–Kier alpha value is -6.29. The van der Waals surface area contributed by atoms with Gasteiger partial charge in [-0.05, 0) is 42.2 Å². The number of carbonyl (C=O) groups excluding carboxylic acids is 7. The van der Waals surface area contributed by atoms with E-state index < -0.39 is 54.6 Å². The number of hydrogen-bond acceptors (Lipinski definition) is 8. The highest BCUT2D eigenvalue weighted by Gasteiger charge is 2.35. The van der Waals surface area contributed by atoms with E-state index in [1.165, 1.54) is 0 Å². The largest absolute Gasteiger partial charge is 0.355 e. The second-order valence-electron chi connectivity index (χ2n) is 11.6. The zero-order valence-corrected chi connectivity index (χ0v) is 27.1. The first kappa shape index (κ1) is 35.0. The first-order valence-corrected chi connectivity index (χ1v) is 16.1. The van der Waals surface area contributed by atoms with Crippen LogP contribution in [-0.4, -0.2) is 65.6 Å². The smallest absolute Gasteiger partial charge is 0.347 e. The summed E-state index contributed by atoms with van der Waals surface area (Å²) in [5, 5.41) is 7.70. The maximum absolute atomic E-state index is 13.4. The lowest BCUT2D eigenvalue weighted by molar-refractivity contribution is -0.199. The van der Waals surface area contributed by atoms with E-state index in [9.17, 15) is 33.6 Å². The molecule has 0 radical (unpaired) electrons. The number of anilines is 1. The van der Waals surface area contributed by atoms with Gasteiger partial charge in [-0.1, -0.05) is 72.5 Å². The fraction of sp³-hybridized carbons (Fsp3) is 0.270. The van der Waals surface area contributed by atoms with Gasteiger partial charge in [-0.2, -0.15) is 0 Å². The number of carbonyl (C=O) groups is 7. The van der Waals surface area contributed by atoms with E-state index in [-0.39, 0.29) is 44.6 Å². The molecule has 13 nitrogen and oxygen atoms in total. The molecule has 0 spiro atoms. The third-order valence-electron chi connectivity index (χ3n) is 8.00. The molecule has 1 atom stereocenters. The van der Waals surface area contributed by atoms with E-state index in [0.717, 1.165) is 16.7 Å². The Kier molecular flexibility index (Phi) is 11.7. The monoisotopic (exact) mass is 677 g/mol. The maximum atomic E-state index is 13.4. The molecule has 3 aromatic rings. The van der Waals surface area contributed by atoms with Crippen molar-refractivity contribution in [3.63, 3.8) is 0 Å². The molecular formula is C37H35N5O8. The number of para-hydroxylation sites is 1. The number of fused-ring (bicyclic) bond motifs is 2. The summed E-state index contributed by atoms with van der Waals surface area (Å²) in [5.74, 6) is 1.75.